The van der Waals surface area contributed by atoms with Crippen LogP contribution >= 0.6 is 0 Å². The lowest BCUT2D eigenvalue weighted by Gasteiger charge is -2.17. The number of nitrogens with one attached hydrogen (secondary N) is 1. The quantitative estimate of drug-likeness (QED) is 0.925. The van der Waals surface area contributed by atoms with Gasteiger partial charge in [0.2, 0.25) is 0 Å². The van der Waals surface area contributed by atoms with Gasteiger partial charge in [0, 0.05) is 6.54 Å². The largest absolute Gasteiger partial charge is 0.416 e. The fraction of sp³-hybridized carbons (Fsp3) is 0.267. The number of aromatic nitrogens is 2. The Bertz CT molecular complexity index is 813. The highest BCUT2D eigenvalue weighted by atomic mass is 19.4. The summed E-state index contributed by atoms with van der Waals surface area (Å²) in [6.07, 6.45) is -2.92. The van der Waals surface area contributed by atoms with Crippen molar-refractivity contribution in [2.75, 3.05) is 0 Å². The Labute approximate surface area is 130 Å². The van der Waals surface area contributed by atoms with E-state index in [0.717, 1.165) is 12.1 Å². The molecule has 1 aromatic heterocycles. The standard InChI is InChI=1S/C15H12F3N5/c1-9(10-3-2-4-11(5-10)15(16,17)18)23-14-12(7-20-8-21-14)13(6-19)22-23/h2-5,8-9H,7H2,1H3,(H,20,21). The molecule has 0 saturated carbocycles. The van der Waals surface area contributed by atoms with Gasteiger partial charge < -0.3 is 5.32 Å². The van der Waals surface area contributed by atoms with E-state index in [1.807, 2.05) is 6.07 Å². The molecule has 1 unspecified atom stereocenters. The Kier molecular flexibility index (Phi) is 3.56. The zero-order valence-electron chi connectivity index (χ0n) is 12.1. The molecule has 1 atom stereocenters. The molecule has 1 aliphatic rings. The topological polar surface area (TPSA) is 66.0 Å². The van der Waals surface area contributed by atoms with Crippen LogP contribution in [0.15, 0.2) is 29.3 Å². The maximum atomic E-state index is 12.9. The van der Waals surface area contributed by atoms with Crippen LogP contribution in [0, 0.1) is 11.3 Å². The number of hydrogen-bond acceptors (Lipinski definition) is 4. The molecule has 0 aliphatic carbocycles. The highest BCUT2D eigenvalue weighted by Crippen LogP contribution is 2.34. The summed E-state index contributed by atoms with van der Waals surface area (Å²) in [6.45, 7) is 2.14. The number of rotatable bonds is 2. The van der Waals surface area contributed by atoms with Gasteiger partial charge in [-0.1, -0.05) is 12.1 Å². The summed E-state index contributed by atoms with van der Waals surface area (Å²) >= 11 is 0. The van der Waals surface area contributed by atoms with Crippen LogP contribution in [0.25, 0.3) is 0 Å². The maximum Gasteiger partial charge on any atom is 0.416 e. The molecule has 1 aromatic carbocycles. The van der Waals surface area contributed by atoms with E-state index in [0.29, 0.717) is 23.5 Å². The SMILES string of the molecule is CC(c1cccc(C(F)(F)F)c1)n1nc(C#N)c2c1N=CNC2. The van der Waals surface area contributed by atoms with Crippen LogP contribution < -0.4 is 5.32 Å². The number of benzene rings is 1. The molecule has 3 rings (SSSR count). The van der Waals surface area contributed by atoms with Crippen LogP contribution in [-0.4, -0.2) is 16.1 Å². The van der Waals surface area contributed by atoms with Crippen LogP contribution in [0.5, 0.6) is 0 Å². The fourth-order valence-electron chi connectivity index (χ4n) is 2.49. The third kappa shape index (κ3) is 2.65. The van der Waals surface area contributed by atoms with Gasteiger partial charge in [-0.3, -0.25) is 0 Å². The predicted molar refractivity (Wildman–Crippen MR) is 77.2 cm³/mol. The minimum absolute atomic E-state index is 0.225. The van der Waals surface area contributed by atoms with E-state index in [-0.39, 0.29) is 5.69 Å². The van der Waals surface area contributed by atoms with Gasteiger partial charge in [-0.05, 0) is 24.6 Å². The zero-order valence-corrected chi connectivity index (χ0v) is 12.1. The molecule has 1 N–H and O–H groups in total. The third-order valence-electron chi connectivity index (χ3n) is 3.71. The van der Waals surface area contributed by atoms with Gasteiger partial charge in [0.25, 0.3) is 0 Å². The van der Waals surface area contributed by atoms with Crippen LogP contribution in [-0.2, 0) is 12.7 Å². The molecule has 0 spiro atoms. The first-order chi connectivity index (χ1) is 10.9. The second-order valence-electron chi connectivity index (χ2n) is 5.15. The first-order valence-electron chi connectivity index (χ1n) is 6.86. The van der Waals surface area contributed by atoms with E-state index in [1.54, 1.807) is 13.0 Å². The summed E-state index contributed by atoms with van der Waals surface area (Å²) < 4.78 is 40.1. The highest BCUT2D eigenvalue weighted by molar-refractivity contribution is 5.66. The molecule has 8 heteroatoms. The van der Waals surface area contributed by atoms with Gasteiger partial charge in [0.05, 0.1) is 23.5 Å². The van der Waals surface area contributed by atoms with Crippen molar-refractivity contribution in [2.24, 2.45) is 4.99 Å². The number of fused-ring (bicyclic) bond motifs is 1. The molecule has 5 nitrogen and oxygen atoms in total. The Morgan fingerprint density at radius 1 is 1.39 bits per heavy atom. The van der Waals surface area contributed by atoms with E-state index in [4.69, 9.17) is 5.26 Å². The number of alkyl halides is 3. The lowest BCUT2D eigenvalue weighted by Crippen LogP contribution is -2.16. The van der Waals surface area contributed by atoms with Crippen molar-refractivity contribution in [1.29, 1.82) is 5.26 Å². The molecule has 0 radical (unpaired) electrons. The van der Waals surface area contributed by atoms with Gasteiger partial charge in [-0.25, -0.2) is 9.67 Å². The Balaban J connectivity index is 2.06. The van der Waals surface area contributed by atoms with E-state index < -0.39 is 17.8 Å². The number of hydrogen-bond donors (Lipinski definition) is 1. The number of nitrogens with zero attached hydrogens (tertiary/aromatic N) is 4. The molecule has 2 aromatic rings. The minimum atomic E-state index is -4.40. The molecule has 0 bridgehead atoms. The van der Waals surface area contributed by atoms with Gasteiger partial charge in [-0.2, -0.15) is 23.5 Å². The monoisotopic (exact) mass is 319 g/mol. The van der Waals surface area contributed by atoms with E-state index >= 15 is 0 Å². The smallest absolute Gasteiger partial charge is 0.372 e. The first-order valence-corrected chi connectivity index (χ1v) is 6.86. The highest BCUT2D eigenvalue weighted by Gasteiger charge is 2.31. The van der Waals surface area contributed by atoms with Crippen LogP contribution in [0.1, 0.15) is 35.3 Å². The predicted octanol–water partition coefficient (Wildman–Crippen LogP) is 3.15. The van der Waals surface area contributed by atoms with Gasteiger partial charge in [0.1, 0.15) is 6.07 Å². The first kappa shape index (κ1) is 15.1. The van der Waals surface area contributed by atoms with Crippen molar-refractivity contribution < 1.29 is 13.2 Å². The molecule has 0 fully saturated rings. The summed E-state index contributed by atoms with van der Waals surface area (Å²) in [6, 6.07) is 6.59. The molecular weight excluding hydrogens is 307 g/mol. The lowest BCUT2D eigenvalue weighted by atomic mass is 10.0. The molecule has 0 amide bonds. The van der Waals surface area contributed by atoms with Gasteiger partial charge in [-0.15, -0.1) is 0 Å². The molecule has 118 valence electrons. The number of halogens is 3. The minimum Gasteiger partial charge on any atom is -0.372 e. The Morgan fingerprint density at radius 3 is 2.87 bits per heavy atom. The van der Waals surface area contributed by atoms with Crippen molar-refractivity contribution in [3.05, 3.63) is 46.6 Å². The van der Waals surface area contributed by atoms with Crippen LogP contribution in [0.3, 0.4) is 0 Å². The summed E-state index contributed by atoms with van der Waals surface area (Å²) in [5, 5.41) is 16.2. The summed E-state index contributed by atoms with van der Waals surface area (Å²) in [5.41, 5.74) is 0.605. The van der Waals surface area contributed by atoms with Crippen molar-refractivity contribution >= 4 is 12.2 Å². The molecule has 1 aliphatic heterocycles. The van der Waals surface area contributed by atoms with E-state index in [2.05, 4.69) is 15.4 Å². The molecular formula is C15H12F3N5. The second kappa shape index (κ2) is 5.43. The Hall–Kier alpha value is -2.82. The number of aliphatic imine (C=N–C) groups is 1. The molecule has 0 saturated heterocycles. The molecule has 23 heavy (non-hydrogen) atoms. The number of nitriles is 1. The average molecular weight is 319 g/mol. The maximum absolute atomic E-state index is 12.9. The summed E-state index contributed by atoms with van der Waals surface area (Å²) in [7, 11) is 0. The van der Waals surface area contributed by atoms with Gasteiger partial charge in [0.15, 0.2) is 11.5 Å². The fourth-order valence-corrected chi connectivity index (χ4v) is 2.49. The average Bonchev–Trinajstić information content (AvgIpc) is 2.92. The lowest BCUT2D eigenvalue weighted by molar-refractivity contribution is -0.137. The van der Waals surface area contributed by atoms with Crippen LogP contribution in [0.2, 0.25) is 0 Å². The zero-order chi connectivity index (χ0) is 16.6. The van der Waals surface area contributed by atoms with Crippen molar-refractivity contribution in [1.82, 2.24) is 15.1 Å². The van der Waals surface area contributed by atoms with Crippen molar-refractivity contribution in [2.45, 2.75) is 25.7 Å². The van der Waals surface area contributed by atoms with Crippen LogP contribution in [0.4, 0.5) is 19.0 Å². The second-order valence-corrected chi connectivity index (χ2v) is 5.15. The van der Waals surface area contributed by atoms with E-state index in [9.17, 15) is 13.2 Å². The van der Waals surface area contributed by atoms with Crippen molar-refractivity contribution in [3.8, 4) is 6.07 Å². The van der Waals surface area contributed by atoms with E-state index in [1.165, 1.54) is 17.1 Å². The Morgan fingerprint density at radius 2 is 2.17 bits per heavy atom. The normalized spacial score (nSPS) is 14.7. The summed E-state index contributed by atoms with van der Waals surface area (Å²) in [5.74, 6) is 0.491. The summed E-state index contributed by atoms with van der Waals surface area (Å²) in [4.78, 5) is 4.17. The molecule has 2 heterocycles. The van der Waals surface area contributed by atoms with Crippen molar-refractivity contribution in [3.63, 3.8) is 0 Å². The third-order valence-corrected chi connectivity index (χ3v) is 3.71. The van der Waals surface area contributed by atoms with Gasteiger partial charge >= 0.3 is 6.18 Å².